The van der Waals surface area contributed by atoms with E-state index in [-0.39, 0.29) is 18.3 Å². The molecule has 0 aliphatic rings. The summed E-state index contributed by atoms with van der Waals surface area (Å²) in [4.78, 5) is 31.5. The first-order valence-electron chi connectivity index (χ1n) is 10.9. The van der Waals surface area contributed by atoms with Crippen LogP contribution in [0.1, 0.15) is 57.9 Å². The second kappa shape index (κ2) is 11.2. The minimum atomic E-state index is -0.794. The van der Waals surface area contributed by atoms with E-state index in [1.165, 1.54) is 6.33 Å². The number of carboxylic acids is 1. The number of hydrogen-bond acceptors (Lipinski definition) is 6. The number of fused-ring (bicyclic) bond motifs is 1. The van der Waals surface area contributed by atoms with Crippen LogP contribution in [0.2, 0.25) is 0 Å². The van der Waals surface area contributed by atoms with Crippen molar-refractivity contribution in [3.05, 3.63) is 48.3 Å². The van der Waals surface area contributed by atoms with Gasteiger partial charge in [-0.3, -0.25) is 9.59 Å². The number of hydrogen-bond donors (Lipinski definition) is 1. The maximum absolute atomic E-state index is 12.2. The van der Waals surface area contributed by atoms with E-state index in [0.29, 0.717) is 47.6 Å². The zero-order chi connectivity index (χ0) is 22.9. The molecule has 0 aliphatic carbocycles. The molecule has 1 aromatic carbocycles. The summed E-state index contributed by atoms with van der Waals surface area (Å²) in [5, 5.41) is 9.41. The highest BCUT2D eigenvalue weighted by atomic mass is 16.5. The lowest BCUT2D eigenvalue weighted by Crippen LogP contribution is -2.13. The standard InChI is InChI=1S/C25H28N2O5/c1-3-9-19(28)14-15-20-22-24(31-17(2)10-7-8-13-21(29)30)26-16-27-25(22)32-23(20)18-11-5-4-6-12-18/h4-6,11-12,14-17H,3,7-10,13H2,1-2H3,(H,29,30)/t17-/m1/s1. The molecular weight excluding hydrogens is 408 g/mol. The third-order valence-corrected chi connectivity index (χ3v) is 5.02. The fourth-order valence-corrected chi connectivity index (χ4v) is 3.44. The molecule has 2 aromatic heterocycles. The van der Waals surface area contributed by atoms with E-state index in [1.807, 2.05) is 44.2 Å². The number of unbranched alkanes of at least 4 members (excludes halogenated alkanes) is 1. The van der Waals surface area contributed by atoms with Crippen LogP contribution in [0.4, 0.5) is 0 Å². The van der Waals surface area contributed by atoms with Gasteiger partial charge in [-0.2, -0.15) is 0 Å². The quantitative estimate of drug-likeness (QED) is 0.288. The third-order valence-electron chi connectivity index (χ3n) is 5.02. The van der Waals surface area contributed by atoms with Crippen LogP contribution in [-0.2, 0) is 9.59 Å². The molecule has 0 amide bonds. The second-order valence-electron chi connectivity index (χ2n) is 7.69. The van der Waals surface area contributed by atoms with Gasteiger partial charge in [-0.25, -0.2) is 9.97 Å². The summed E-state index contributed by atoms with van der Waals surface area (Å²) in [6, 6.07) is 9.62. The number of ketones is 1. The monoisotopic (exact) mass is 436 g/mol. The Balaban J connectivity index is 1.95. The summed E-state index contributed by atoms with van der Waals surface area (Å²) >= 11 is 0. The summed E-state index contributed by atoms with van der Waals surface area (Å²) in [5.41, 5.74) is 1.94. The Bertz CT molecular complexity index is 1090. The Hall–Kier alpha value is -3.48. The highest BCUT2D eigenvalue weighted by Crippen LogP contribution is 2.38. The number of benzene rings is 1. The predicted molar refractivity (Wildman–Crippen MR) is 122 cm³/mol. The van der Waals surface area contributed by atoms with E-state index < -0.39 is 5.97 Å². The molecular formula is C25H28N2O5. The average molecular weight is 437 g/mol. The van der Waals surface area contributed by atoms with Crippen LogP contribution in [0.25, 0.3) is 28.5 Å². The van der Waals surface area contributed by atoms with Crippen molar-refractivity contribution in [1.29, 1.82) is 0 Å². The van der Waals surface area contributed by atoms with E-state index in [0.717, 1.165) is 18.4 Å². The van der Waals surface area contributed by atoms with Gasteiger partial charge in [0.15, 0.2) is 5.78 Å². The number of carbonyl (C=O) groups is 2. The van der Waals surface area contributed by atoms with Crippen molar-refractivity contribution in [2.75, 3.05) is 0 Å². The Kier molecular flexibility index (Phi) is 8.14. The van der Waals surface area contributed by atoms with Gasteiger partial charge in [-0.05, 0) is 44.8 Å². The fraction of sp³-hybridized carbons (Fsp3) is 0.360. The van der Waals surface area contributed by atoms with E-state index in [2.05, 4.69) is 9.97 Å². The fourth-order valence-electron chi connectivity index (χ4n) is 3.44. The number of allylic oxidation sites excluding steroid dienone is 1. The van der Waals surface area contributed by atoms with Gasteiger partial charge < -0.3 is 14.3 Å². The molecule has 0 bridgehead atoms. The van der Waals surface area contributed by atoms with Gasteiger partial charge in [-0.15, -0.1) is 0 Å². The van der Waals surface area contributed by atoms with E-state index in [4.69, 9.17) is 14.3 Å². The first-order chi connectivity index (χ1) is 15.5. The normalized spacial score (nSPS) is 12.3. The lowest BCUT2D eigenvalue weighted by molar-refractivity contribution is -0.137. The van der Waals surface area contributed by atoms with Crippen molar-refractivity contribution in [2.24, 2.45) is 0 Å². The van der Waals surface area contributed by atoms with Gasteiger partial charge in [0.2, 0.25) is 11.6 Å². The number of aromatic nitrogens is 2. The Morgan fingerprint density at radius 1 is 1.16 bits per heavy atom. The molecule has 0 fully saturated rings. The van der Waals surface area contributed by atoms with Gasteiger partial charge in [0.05, 0.1) is 6.10 Å². The molecule has 0 saturated heterocycles. The van der Waals surface area contributed by atoms with Gasteiger partial charge in [-0.1, -0.05) is 37.3 Å². The van der Waals surface area contributed by atoms with Crippen molar-refractivity contribution in [1.82, 2.24) is 9.97 Å². The van der Waals surface area contributed by atoms with Crippen LogP contribution in [-0.4, -0.2) is 32.9 Å². The maximum Gasteiger partial charge on any atom is 0.303 e. The molecule has 1 atom stereocenters. The second-order valence-corrected chi connectivity index (χ2v) is 7.69. The van der Waals surface area contributed by atoms with E-state index >= 15 is 0 Å². The minimum absolute atomic E-state index is 0.0342. The van der Waals surface area contributed by atoms with E-state index in [1.54, 1.807) is 12.2 Å². The molecule has 7 nitrogen and oxygen atoms in total. The Morgan fingerprint density at radius 2 is 1.94 bits per heavy atom. The third kappa shape index (κ3) is 6.03. The molecule has 168 valence electrons. The summed E-state index contributed by atoms with van der Waals surface area (Å²) in [6.45, 7) is 3.89. The first kappa shape index (κ1) is 23.2. The van der Waals surface area contributed by atoms with Crippen LogP contribution in [0.5, 0.6) is 5.88 Å². The van der Waals surface area contributed by atoms with Gasteiger partial charge in [0.1, 0.15) is 17.5 Å². The number of nitrogens with zero attached hydrogens (tertiary/aromatic N) is 2. The van der Waals surface area contributed by atoms with Crippen LogP contribution in [0.3, 0.4) is 0 Å². The van der Waals surface area contributed by atoms with Crippen molar-refractivity contribution in [2.45, 2.75) is 58.5 Å². The molecule has 0 unspecified atom stereocenters. The van der Waals surface area contributed by atoms with Crippen molar-refractivity contribution < 1.29 is 23.8 Å². The number of aliphatic carboxylic acids is 1. The lowest BCUT2D eigenvalue weighted by Gasteiger charge is -2.14. The number of carbonyl (C=O) groups excluding carboxylic acids is 1. The minimum Gasteiger partial charge on any atom is -0.481 e. The largest absolute Gasteiger partial charge is 0.481 e. The SMILES string of the molecule is CCCC(=O)C=Cc1c(-c2ccccc2)oc2ncnc(O[C@H](C)CCCCC(=O)O)c12. The molecule has 2 heterocycles. The predicted octanol–water partition coefficient (Wildman–Crippen LogP) is 5.68. The molecule has 0 aliphatic heterocycles. The molecule has 0 spiro atoms. The van der Waals surface area contributed by atoms with E-state index in [9.17, 15) is 9.59 Å². The average Bonchev–Trinajstić information content (AvgIpc) is 3.16. The molecule has 0 saturated carbocycles. The number of ether oxygens (including phenoxy) is 1. The highest BCUT2D eigenvalue weighted by Gasteiger charge is 2.21. The number of rotatable bonds is 12. The molecule has 1 N–H and O–H groups in total. The molecule has 32 heavy (non-hydrogen) atoms. The van der Waals surface area contributed by atoms with Gasteiger partial charge in [0, 0.05) is 24.0 Å². The summed E-state index contributed by atoms with van der Waals surface area (Å²) in [5.74, 6) is 0.221. The van der Waals surface area contributed by atoms with Crippen LogP contribution in [0.15, 0.2) is 47.2 Å². The molecule has 7 heteroatoms. The molecule has 0 radical (unpaired) electrons. The highest BCUT2D eigenvalue weighted by molar-refractivity contribution is 6.00. The first-order valence-corrected chi connectivity index (χ1v) is 10.9. The smallest absolute Gasteiger partial charge is 0.303 e. The maximum atomic E-state index is 12.2. The summed E-state index contributed by atoms with van der Waals surface area (Å²) in [7, 11) is 0. The number of carboxylic acid groups (broad SMARTS) is 1. The topological polar surface area (TPSA) is 103 Å². The van der Waals surface area contributed by atoms with Crippen molar-refractivity contribution in [3.8, 4) is 17.2 Å². The van der Waals surface area contributed by atoms with Crippen molar-refractivity contribution >= 4 is 28.9 Å². The van der Waals surface area contributed by atoms with Crippen molar-refractivity contribution in [3.63, 3.8) is 0 Å². The van der Waals surface area contributed by atoms with Gasteiger partial charge >= 0.3 is 5.97 Å². The zero-order valence-electron chi connectivity index (χ0n) is 18.4. The zero-order valence-corrected chi connectivity index (χ0v) is 18.4. The number of furan rings is 1. The summed E-state index contributed by atoms with van der Waals surface area (Å²) in [6.07, 6.45) is 7.96. The molecule has 3 aromatic rings. The Morgan fingerprint density at radius 3 is 2.66 bits per heavy atom. The summed E-state index contributed by atoms with van der Waals surface area (Å²) < 4.78 is 12.2. The van der Waals surface area contributed by atoms with Gasteiger partial charge in [0.25, 0.3) is 0 Å². The van der Waals surface area contributed by atoms with Crippen LogP contribution < -0.4 is 4.74 Å². The molecule has 3 rings (SSSR count). The van der Waals surface area contributed by atoms with Crippen LogP contribution in [0, 0.1) is 0 Å². The van der Waals surface area contributed by atoms with Crippen LogP contribution >= 0.6 is 0 Å². The Labute approximate surface area is 187 Å². The lowest BCUT2D eigenvalue weighted by atomic mass is 10.1.